The fourth-order valence-corrected chi connectivity index (χ4v) is 2.37. The zero-order chi connectivity index (χ0) is 13.1. The number of nitrogens with zero attached hydrogens (tertiary/aromatic N) is 2. The molecule has 1 heterocycles. The molecule has 1 aromatic heterocycles. The minimum atomic E-state index is 0.503. The van der Waals surface area contributed by atoms with Crippen LogP contribution in [0, 0.1) is 0 Å². The van der Waals surface area contributed by atoms with Crippen molar-refractivity contribution in [3.63, 3.8) is 0 Å². The van der Waals surface area contributed by atoms with Crippen LogP contribution in [-0.2, 0) is 12.8 Å². The van der Waals surface area contributed by atoms with E-state index in [9.17, 15) is 0 Å². The lowest BCUT2D eigenvalue weighted by Gasteiger charge is -2.10. The van der Waals surface area contributed by atoms with Crippen LogP contribution in [0.5, 0.6) is 0 Å². The summed E-state index contributed by atoms with van der Waals surface area (Å²) in [6.45, 7) is 4.18. The molecule has 3 nitrogen and oxygen atoms in total. The summed E-state index contributed by atoms with van der Waals surface area (Å²) in [7, 11) is 0. The second-order valence-corrected chi connectivity index (χ2v) is 4.85. The van der Waals surface area contributed by atoms with Gasteiger partial charge in [-0.1, -0.05) is 38.1 Å². The largest absolute Gasteiger partial charge is 0.383 e. The van der Waals surface area contributed by atoms with E-state index >= 15 is 0 Å². The van der Waals surface area contributed by atoms with Gasteiger partial charge in [0.25, 0.3) is 0 Å². The number of nitrogen functional groups attached to an aromatic ring is 1. The van der Waals surface area contributed by atoms with Crippen LogP contribution in [-0.4, -0.2) is 9.97 Å². The lowest BCUT2D eigenvalue weighted by Crippen LogP contribution is -2.03. The van der Waals surface area contributed by atoms with Gasteiger partial charge in [0.15, 0.2) is 5.82 Å². The molecule has 0 radical (unpaired) electrons. The van der Waals surface area contributed by atoms with E-state index < -0.39 is 0 Å². The molecule has 0 fully saturated rings. The SMILES string of the molecule is CCc1ccccc1-c1nc(N)c(Br)c(CC)n1. The lowest BCUT2D eigenvalue weighted by molar-refractivity contribution is 0.991. The fraction of sp³-hybridized carbons (Fsp3) is 0.286. The van der Waals surface area contributed by atoms with Crippen molar-refractivity contribution in [1.82, 2.24) is 9.97 Å². The first kappa shape index (κ1) is 13.0. The molecule has 0 aliphatic carbocycles. The molecule has 2 aromatic rings. The Bertz CT molecular complexity index is 567. The molecule has 0 unspecified atom stereocenters. The van der Waals surface area contributed by atoms with E-state index in [0.29, 0.717) is 11.6 Å². The maximum atomic E-state index is 5.93. The van der Waals surface area contributed by atoms with Gasteiger partial charge in [-0.05, 0) is 34.3 Å². The molecule has 18 heavy (non-hydrogen) atoms. The first-order valence-electron chi connectivity index (χ1n) is 6.07. The highest BCUT2D eigenvalue weighted by atomic mass is 79.9. The smallest absolute Gasteiger partial charge is 0.162 e. The van der Waals surface area contributed by atoms with Crippen LogP contribution >= 0.6 is 15.9 Å². The van der Waals surface area contributed by atoms with Gasteiger partial charge in [-0.15, -0.1) is 0 Å². The number of halogens is 1. The normalized spacial score (nSPS) is 10.6. The van der Waals surface area contributed by atoms with Crippen LogP contribution in [0.2, 0.25) is 0 Å². The summed E-state index contributed by atoms with van der Waals surface area (Å²) in [6, 6.07) is 8.18. The van der Waals surface area contributed by atoms with Crippen LogP contribution in [0.3, 0.4) is 0 Å². The Morgan fingerprint density at radius 1 is 1.11 bits per heavy atom. The van der Waals surface area contributed by atoms with Crippen LogP contribution in [0.25, 0.3) is 11.4 Å². The number of benzene rings is 1. The van der Waals surface area contributed by atoms with E-state index in [2.05, 4.69) is 45.8 Å². The van der Waals surface area contributed by atoms with Crippen molar-refractivity contribution in [2.24, 2.45) is 0 Å². The molecule has 0 saturated carbocycles. The number of aromatic nitrogens is 2. The topological polar surface area (TPSA) is 51.8 Å². The third-order valence-electron chi connectivity index (χ3n) is 2.92. The average molecular weight is 306 g/mol. The molecule has 0 aliphatic rings. The van der Waals surface area contributed by atoms with Crippen molar-refractivity contribution in [3.8, 4) is 11.4 Å². The predicted octanol–water partition coefficient (Wildman–Crippen LogP) is 3.61. The zero-order valence-corrected chi connectivity index (χ0v) is 12.2. The summed E-state index contributed by atoms with van der Waals surface area (Å²) >= 11 is 3.43. The second kappa shape index (κ2) is 5.48. The van der Waals surface area contributed by atoms with Gasteiger partial charge in [-0.25, -0.2) is 9.97 Å². The minimum absolute atomic E-state index is 0.503. The van der Waals surface area contributed by atoms with E-state index in [1.54, 1.807) is 0 Å². The fourth-order valence-electron chi connectivity index (χ4n) is 1.91. The van der Waals surface area contributed by atoms with Crippen LogP contribution in [0.15, 0.2) is 28.7 Å². The van der Waals surface area contributed by atoms with Crippen molar-refractivity contribution in [2.75, 3.05) is 5.73 Å². The van der Waals surface area contributed by atoms with Gasteiger partial charge in [-0.3, -0.25) is 0 Å². The van der Waals surface area contributed by atoms with Crippen LogP contribution in [0.1, 0.15) is 25.1 Å². The summed E-state index contributed by atoms with van der Waals surface area (Å²) in [5.41, 5.74) is 9.18. The second-order valence-electron chi connectivity index (χ2n) is 4.06. The first-order valence-corrected chi connectivity index (χ1v) is 6.86. The van der Waals surface area contributed by atoms with Gasteiger partial charge in [0.2, 0.25) is 0 Å². The van der Waals surface area contributed by atoms with Crippen molar-refractivity contribution in [1.29, 1.82) is 0 Å². The number of rotatable bonds is 3. The number of nitrogens with two attached hydrogens (primary N) is 1. The Morgan fingerprint density at radius 3 is 2.50 bits per heavy atom. The Kier molecular flexibility index (Phi) is 3.97. The number of hydrogen-bond donors (Lipinski definition) is 1. The molecule has 0 aliphatic heterocycles. The Labute approximate surface area is 116 Å². The molecule has 4 heteroatoms. The molecule has 0 atom stereocenters. The molecule has 0 spiro atoms. The van der Waals surface area contributed by atoms with Crippen molar-refractivity contribution >= 4 is 21.7 Å². The van der Waals surface area contributed by atoms with Crippen LogP contribution in [0.4, 0.5) is 5.82 Å². The van der Waals surface area contributed by atoms with Gasteiger partial charge in [0, 0.05) is 5.56 Å². The van der Waals surface area contributed by atoms with E-state index in [0.717, 1.165) is 28.6 Å². The highest BCUT2D eigenvalue weighted by molar-refractivity contribution is 9.10. The molecule has 2 rings (SSSR count). The minimum Gasteiger partial charge on any atom is -0.383 e. The van der Waals surface area contributed by atoms with Gasteiger partial charge in [0.05, 0.1) is 10.2 Å². The number of aryl methyl sites for hydroxylation is 2. The Morgan fingerprint density at radius 2 is 1.83 bits per heavy atom. The van der Waals surface area contributed by atoms with E-state index in [-0.39, 0.29) is 0 Å². The average Bonchev–Trinajstić information content (AvgIpc) is 2.41. The standard InChI is InChI=1S/C14H16BrN3/c1-3-9-7-5-6-8-10(9)14-17-11(4-2)12(15)13(16)18-14/h5-8H,3-4H2,1-2H3,(H2,16,17,18). The highest BCUT2D eigenvalue weighted by Gasteiger charge is 2.12. The van der Waals surface area contributed by atoms with Crippen molar-refractivity contribution in [2.45, 2.75) is 26.7 Å². The molecule has 2 N–H and O–H groups in total. The summed E-state index contributed by atoms with van der Waals surface area (Å²) in [5, 5.41) is 0. The van der Waals surface area contributed by atoms with Gasteiger partial charge in [-0.2, -0.15) is 0 Å². The highest BCUT2D eigenvalue weighted by Crippen LogP contribution is 2.27. The van der Waals surface area contributed by atoms with Gasteiger partial charge < -0.3 is 5.73 Å². The summed E-state index contributed by atoms with van der Waals surface area (Å²) < 4.78 is 0.808. The van der Waals surface area contributed by atoms with E-state index in [4.69, 9.17) is 5.73 Å². The third kappa shape index (κ3) is 2.38. The first-order chi connectivity index (χ1) is 8.67. The predicted molar refractivity (Wildman–Crippen MR) is 78.3 cm³/mol. The van der Waals surface area contributed by atoms with E-state index in [1.165, 1.54) is 5.56 Å². The van der Waals surface area contributed by atoms with Crippen molar-refractivity contribution < 1.29 is 0 Å². The molecule has 0 amide bonds. The lowest BCUT2D eigenvalue weighted by atomic mass is 10.0. The number of hydrogen-bond acceptors (Lipinski definition) is 3. The zero-order valence-electron chi connectivity index (χ0n) is 10.6. The molecular formula is C14H16BrN3. The maximum absolute atomic E-state index is 5.93. The summed E-state index contributed by atoms with van der Waals surface area (Å²) in [6.07, 6.45) is 1.78. The summed E-state index contributed by atoms with van der Waals surface area (Å²) in [5.74, 6) is 1.22. The molecular weight excluding hydrogens is 290 g/mol. The van der Waals surface area contributed by atoms with Gasteiger partial charge >= 0.3 is 0 Å². The van der Waals surface area contributed by atoms with E-state index in [1.807, 2.05) is 18.2 Å². The maximum Gasteiger partial charge on any atom is 0.162 e. The third-order valence-corrected chi connectivity index (χ3v) is 3.78. The van der Waals surface area contributed by atoms with Crippen molar-refractivity contribution in [3.05, 3.63) is 40.0 Å². The quantitative estimate of drug-likeness (QED) is 0.942. The molecule has 94 valence electrons. The monoisotopic (exact) mass is 305 g/mol. The number of anilines is 1. The summed E-state index contributed by atoms with van der Waals surface area (Å²) in [4.78, 5) is 8.97. The molecule has 0 bridgehead atoms. The Hall–Kier alpha value is -1.42. The van der Waals surface area contributed by atoms with Crippen LogP contribution < -0.4 is 5.73 Å². The molecule has 1 aromatic carbocycles. The Balaban J connectivity index is 2.61. The molecule has 0 saturated heterocycles. The van der Waals surface area contributed by atoms with Gasteiger partial charge in [0.1, 0.15) is 5.82 Å².